The van der Waals surface area contributed by atoms with Gasteiger partial charge in [0.1, 0.15) is 6.04 Å². The number of urea groups is 1. The quantitative estimate of drug-likeness (QED) is 0.875. The molecule has 0 fully saturated rings. The molecular weight excluding hydrogens is 290 g/mol. The normalized spacial score (nSPS) is 17.1. The molecule has 0 bridgehead atoms. The molecule has 2 atom stereocenters. The topological polar surface area (TPSA) is 75.4 Å². The van der Waals surface area contributed by atoms with Crippen molar-refractivity contribution in [1.82, 2.24) is 10.2 Å². The lowest BCUT2D eigenvalue weighted by Gasteiger charge is -2.32. The zero-order valence-electron chi connectivity index (χ0n) is 13.8. The third-order valence-electron chi connectivity index (χ3n) is 4.44. The average Bonchev–Trinajstić information content (AvgIpc) is 2.59. The van der Waals surface area contributed by atoms with E-state index in [1.54, 1.807) is 4.90 Å². The first-order chi connectivity index (χ1) is 11.0. The van der Waals surface area contributed by atoms with E-state index in [-0.39, 0.29) is 11.8 Å². The van der Waals surface area contributed by atoms with E-state index >= 15 is 0 Å². The van der Waals surface area contributed by atoms with Crippen LogP contribution in [0.5, 0.6) is 0 Å². The van der Waals surface area contributed by atoms with Gasteiger partial charge >= 0.3 is 6.03 Å². The molecule has 2 rings (SSSR count). The van der Waals surface area contributed by atoms with Crippen molar-refractivity contribution in [3.05, 3.63) is 42.0 Å². The summed E-state index contributed by atoms with van der Waals surface area (Å²) in [6.07, 6.45) is 3.71. The number of hydrogen-bond donors (Lipinski definition) is 2. The molecule has 1 aromatic rings. The maximum Gasteiger partial charge on any atom is 0.312 e. The van der Waals surface area contributed by atoms with Gasteiger partial charge in [-0.2, -0.15) is 0 Å². The molecule has 3 N–H and O–H groups in total. The van der Waals surface area contributed by atoms with E-state index in [2.05, 4.69) is 23.5 Å². The van der Waals surface area contributed by atoms with Crippen LogP contribution in [0.4, 0.5) is 4.79 Å². The van der Waals surface area contributed by atoms with E-state index in [1.165, 1.54) is 11.1 Å². The molecule has 0 aromatic heterocycles. The van der Waals surface area contributed by atoms with Crippen LogP contribution in [0.1, 0.15) is 32.3 Å². The number of carbonyl (C=O) groups excluding carboxylic acids is 2. The number of carbonyl (C=O) groups is 2. The van der Waals surface area contributed by atoms with Gasteiger partial charge in [0.15, 0.2) is 0 Å². The molecule has 5 heteroatoms. The molecule has 0 spiro atoms. The molecule has 0 aliphatic carbocycles. The van der Waals surface area contributed by atoms with Gasteiger partial charge in [-0.05, 0) is 23.5 Å². The Balaban J connectivity index is 2.06. The first-order valence-corrected chi connectivity index (χ1v) is 8.12. The van der Waals surface area contributed by atoms with E-state index in [4.69, 9.17) is 5.73 Å². The van der Waals surface area contributed by atoms with Crippen molar-refractivity contribution in [2.75, 3.05) is 13.1 Å². The van der Waals surface area contributed by atoms with Crippen molar-refractivity contribution in [2.45, 2.75) is 32.7 Å². The third-order valence-corrected chi connectivity index (χ3v) is 4.44. The van der Waals surface area contributed by atoms with Gasteiger partial charge in [0.25, 0.3) is 0 Å². The molecule has 1 aliphatic rings. The SMILES string of the molecule is CC[C@@H](C)[C@@H](NC(N)=O)C(=O)N1CC=C(c2ccccc2)CC1. The molecule has 5 nitrogen and oxygen atoms in total. The molecular formula is C18H25N3O2. The lowest BCUT2D eigenvalue weighted by molar-refractivity contribution is -0.134. The number of nitrogens with one attached hydrogen (secondary N) is 1. The van der Waals surface area contributed by atoms with Crippen LogP contribution in [0.2, 0.25) is 0 Å². The summed E-state index contributed by atoms with van der Waals surface area (Å²) < 4.78 is 0. The zero-order valence-corrected chi connectivity index (χ0v) is 13.8. The summed E-state index contributed by atoms with van der Waals surface area (Å²) in [4.78, 5) is 25.7. The van der Waals surface area contributed by atoms with Crippen LogP contribution < -0.4 is 11.1 Å². The van der Waals surface area contributed by atoms with E-state index in [1.807, 2.05) is 32.0 Å². The van der Waals surface area contributed by atoms with Gasteiger partial charge in [-0.15, -0.1) is 0 Å². The minimum Gasteiger partial charge on any atom is -0.352 e. The molecule has 1 aliphatic heterocycles. The smallest absolute Gasteiger partial charge is 0.312 e. The van der Waals surface area contributed by atoms with E-state index in [9.17, 15) is 9.59 Å². The summed E-state index contributed by atoms with van der Waals surface area (Å²) in [6, 6.07) is 8.99. The zero-order chi connectivity index (χ0) is 16.8. The maximum atomic E-state index is 12.7. The van der Waals surface area contributed by atoms with Gasteiger partial charge in [-0.1, -0.05) is 56.7 Å². The Morgan fingerprint density at radius 3 is 2.52 bits per heavy atom. The summed E-state index contributed by atoms with van der Waals surface area (Å²) in [5.74, 6) is -0.00369. The second kappa shape index (κ2) is 7.81. The highest BCUT2D eigenvalue weighted by Gasteiger charge is 2.30. The van der Waals surface area contributed by atoms with Gasteiger partial charge in [0, 0.05) is 13.1 Å². The summed E-state index contributed by atoms with van der Waals surface area (Å²) in [5, 5.41) is 2.60. The molecule has 0 saturated heterocycles. The minimum absolute atomic E-state index is 0.0505. The van der Waals surface area contributed by atoms with Crippen molar-refractivity contribution in [1.29, 1.82) is 0 Å². The fraction of sp³-hybridized carbons (Fsp3) is 0.444. The van der Waals surface area contributed by atoms with Crippen molar-refractivity contribution >= 4 is 17.5 Å². The minimum atomic E-state index is -0.652. The fourth-order valence-corrected chi connectivity index (χ4v) is 2.82. The Hall–Kier alpha value is -2.30. The highest BCUT2D eigenvalue weighted by atomic mass is 16.2. The van der Waals surface area contributed by atoms with E-state index < -0.39 is 12.1 Å². The second-order valence-corrected chi connectivity index (χ2v) is 6.00. The first kappa shape index (κ1) is 17.1. The lowest BCUT2D eigenvalue weighted by atomic mass is 9.95. The van der Waals surface area contributed by atoms with Crippen molar-refractivity contribution in [3.8, 4) is 0 Å². The van der Waals surface area contributed by atoms with Crippen LogP contribution in [0.3, 0.4) is 0 Å². The predicted molar refractivity (Wildman–Crippen MR) is 91.6 cm³/mol. The predicted octanol–water partition coefficient (Wildman–Crippen LogP) is 2.39. The standard InChI is InChI=1S/C18H25N3O2/c1-3-13(2)16(20-18(19)23)17(22)21-11-9-15(10-12-21)14-7-5-4-6-8-14/h4-9,13,16H,3,10-12H2,1-2H3,(H3,19,20,23)/t13-,16-/m1/s1. The summed E-state index contributed by atoms with van der Waals surface area (Å²) in [6.45, 7) is 5.17. The van der Waals surface area contributed by atoms with Crippen LogP contribution in [0.15, 0.2) is 36.4 Å². The van der Waals surface area contributed by atoms with Gasteiger partial charge in [0.2, 0.25) is 5.91 Å². The van der Waals surface area contributed by atoms with Gasteiger partial charge in [0.05, 0.1) is 0 Å². The Bertz CT molecular complexity index is 583. The van der Waals surface area contributed by atoms with Crippen molar-refractivity contribution < 1.29 is 9.59 Å². The molecule has 1 heterocycles. The van der Waals surface area contributed by atoms with Gasteiger partial charge in [-0.25, -0.2) is 4.79 Å². The van der Waals surface area contributed by atoms with Crippen LogP contribution in [0, 0.1) is 5.92 Å². The number of hydrogen-bond acceptors (Lipinski definition) is 2. The number of amides is 3. The molecule has 0 radical (unpaired) electrons. The highest BCUT2D eigenvalue weighted by molar-refractivity contribution is 5.87. The Kier molecular flexibility index (Phi) is 5.79. The molecule has 1 aromatic carbocycles. The number of primary amides is 1. The van der Waals surface area contributed by atoms with Gasteiger partial charge in [-0.3, -0.25) is 4.79 Å². The van der Waals surface area contributed by atoms with Gasteiger partial charge < -0.3 is 16.0 Å². The number of rotatable bonds is 5. The Labute approximate surface area is 137 Å². The summed E-state index contributed by atoms with van der Waals surface area (Å²) in [7, 11) is 0. The third kappa shape index (κ3) is 4.34. The maximum absolute atomic E-state index is 12.7. The van der Waals surface area contributed by atoms with Crippen LogP contribution >= 0.6 is 0 Å². The van der Waals surface area contributed by atoms with E-state index in [0.717, 1.165) is 12.8 Å². The molecule has 124 valence electrons. The number of nitrogens with zero attached hydrogens (tertiary/aromatic N) is 1. The van der Waals surface area contributed by atoms with Crippen molar-refractivity contribution in [2.24, 2.45) is 11.7 Å². The van der Waals surface area contributed by atoms with E-state index in [0.29, 0.717) is 13.1 Å². The lowest BCUT2D eigenvalue weighted by Crippen LogP contribution is -2.53. The monoisotopic (exact) mass is 315 g/mol. The number of nitrogens with two attached hydrogens (primary N) is 1. The fourth-order valence-electron chi connectivity index (χ4n) is 2.82. The van der Waals surface area contributed by atoms with Crippen LogP contribution in [-0.2, 0) is 4.79 Å². The highest BCUT2D eigenvalue weighted by Crippen LogP contribution is 2.23. The molecule has 3 amide bonds. The second-order valence-electron chi connectivity index (χ2n) is 6.00. The largest absolute Gasteiger partial charge is 0.352 e. The molecule has 23 heavy (non-hydrogen) atoms. The summed E-state index contributed by atoms with van der Waals surface area (Å²) in [5.41, 5.74) is 7.68. The van der Waals surface area contributed by atoms with Crippen LogP contribution in [-0.4, -0.2) is 36.0 Å². The molecule has 0 unspecified atom stereocenters. The Morgan fingerprint density at radius 1 is 1.30 bits per heavy atom. The average molecular weight is 315 g/mol. The number of benzene rings is 1. The van der Waals surface area contributed by atoms with Crippen LogP contribution in [0.25, 0.3) is 5.57 Å². The molecule has 0 saturated carbocycles. The van der Waals surface area contributed by atoms with Crippen molar-refractivity contribution in [3.63, 3.8) is 0 Å². The first-order valence-electron chi connectivity index (χ1n) is 8.12. The Morgan fingerprint density at radius 2 is 2.00 bits per heavy atom. The summed E-state index contributed by atoms with van der Waals surface area (Å²) >= 11 is 0.